The Morgan fingerprint density at radius 2 is 2.00 bits per heavy atom. The molecule has 0 spiro atoms. The predicted octanol–water partition coefficient (Wildman–Crippen LogP) is 3.46. The first-order valence-electron chi connectivity index (χ1n) is 7.21. The van der Waals surface area contributed by atoms with E-state index in [0.29, 0.717) is 6.42 Å². The van der Waals surface area contributed by atoms with E-state index in [2.05, 4.69) is 23.2 Å². The van der Waals surface area contributed by atoms with Crippen molar-refractivity contribution >= 4 is 5.91 Å². The normalized spacial score (nSPS) is 12.0. The molecule has 1 unspecified atom stereocenters. The second kappa shape index (κ2) is 6.53. The van der Waals surface area contributed by atoms with Crippen molar-refractivity contribution in [2.75, 3.05) is 7.05 Å². The molecular weight excluding hydrogens is 260 g/mol. The van der Waals surface area contributed by atoms with E-state index in [4.69, 9.17) is 0 Å². The Kier molecular flexibility index (Phi) is 4.73. The maximum Gasteiger partial charge on any atom is 0.227 e. The number of carbonyl (C=O) groups excluding carboxylic acids is 1. The molecule has 2 rings (SSSR count). The number of benzene rings is 1. The van der Waals surface area contributed by atoms with Crippen molar-refractivity contribution in [1.29, 1.82) is 0 Å². The lowest BCUT2D eigenvalue weighted by atomic mass is 10.0. The molecule has 0 saturated heterocycles. The van der Waals surface area contributed by atoms with Crippen molar-refractivity contribution in [3.05, 3.63) is 65.0 Å². The highest BCUT2D eigenvalue weighted by Crippen LogP contribution is 2.18. The summed E-state index contributed by atoms with van der Waals surface area (Å²) in [6.45, 7) is 6.10. The molecular formula is C18H22N2O. The summed E-state index contributed by atoms with van der Waals surface area (Å²) in [6.07, 6.45) is 2.19. The number of carbonyl (C=O) groups is 1. The van der Waals surface area contributed by atoms with Crippen LogP contribution >= 0.6 is 0 Å². The molecule has 1 atom stereocenters. The Balaban J connectivity index is 2.11. The molecule has 21 heavy (non-hydrogen) atoms. The Hall–Kier alpha value is -2.16. The van der Waals surface area contributed by atoms with Crippen LogP contribution in [0, 0.1) is 13.8 Å². The van der Waals surface area contributed by atoms with E-state index in [-0.39, 0.29) is 11.9 Å². The zero-order valence-electron chi connectivity index (χ0n) is 13.1. The van der Waals surface area contributed by atoms with E-state index in [0.717, 1.165) is 16.8 Å². The summed E-state index contributed by atoms with van der Waals surface area (Å²) in [6, 6.07) is 12.0. The van der Waals surface area contributed by atoms with Crippen LogP contribution in [0.3, 0.4) is 0 Å². The number of nitrogens with zero attached hydrogens (tertiary/aromatic N) is 2. The van der Waals surface area contributed by atoms with Gasteiger partial charge in [-0.3, -0.25) is 9.78 Å². The summed E-state index contributed by atoms with van der Waals surface area (Å²) in [4.78, 5) is 18.6. The minimum Gasteiger partial charge on any atom is -0.337 e. The van der Waals surface area contributed by atoms with Gasteiger partial charge in [-0.05, 0) is 44.0 Å². The lowest BCUT2D eigenvalue weighted by Crippen LogP contribution is -2.31. The van der Waals surface area contributed by atoms with Crippen molar-refractivity contribution in [2.45, 2.75) is 33.2 Å². The van der Waals surface area contributed by atoms with Crippen molar-refractivity contribution in [3.63, 3.8) is 0 Å². The van der Waals surface area contributed by atoms with E-state index in [1.807, 2.05) is 46.0 Å². The van der Waals surface area contributed by atoms with Crippen LogP contribution in [-0.4, -0.2) is 22.8 Å². The second-order valence-corrected chi connectivity index (χ2v) is 5.54. The monoisotopic (exact) mass is 282 g/mol. The molecule has 0 bridgehead atoms. The van der Waals surface area contributed by atoms with Crippen molar-refractivity contribution in [3.8, 4) is 0 Å². The third kappa shape index (κ3) is 3.69. The molecule has 110 valence electrons. The van der Waals surface area contributed by atoms with Gasteiger partial charge in [-0.25, -0.2) is 0 Å². The molecule has 1 heterocycles. The van der Waals surface area contributed by atoms with E-state index in [9.17, 15) is 4.79 Å². The van der Waals surface area contributed by atoms with Crippen molar-refractivity contribution in [2.24, 2.45) is 0 Å². The van der Waals surface area contributed by atoms with Gasteiger partial charge >= 0.3 is 0 Å². The van der Waals surface area contributed by atoms with E-state index in [1.54, 1.807) is 11.1 Å². The summed E-state index contributed by atoms with van der Waals surface area (Å²) < 4.78 is 0. The third-order valence-electron chi connectivity index (χ3n) is 3.94. The molecule has 1 aromatic heterocycles. The summed E-state index contributed by atoms with van der Waals surface area (Å²) in [5, 5.41) is 0. The SMILES string of the molecule is Cc1ccc(C)c(CC(=O)N(C)C(C)c2ccccn2)c1. The largest absolute Gasteiger partial charge is 0.337 e. The molecule has 0 aliphatic rings. The fourth-order valence-electron chi connectivity index (χ4n) is 2.32. The maximum absolute atomic E-state index is 12.5. The van der Waals surface area contributed by atoms with Gasteiger partial charge in [0.25, 0.3) is 0 Å². The first-order valence-corrected chi connectivity index (χ1v) is 7.21. The molecule has 0 saturated carbocycles. The topological polar surface area (TPSA) is 33.2 Å². The van der Waals surface area contributed by atoms with Gasteiger partial charge in [-0.15, -0.1) is 0 Å². The minimum absolute atomic E-state index is 0.0242. The maximum atomic E-state index is 12.5. The molecule has 1 aromatic carbocycles. The van der Waals surface area contributed by atoms with Gasteiger partial charge in [-0.2, -0.15) is 0 Å². The number of hydrogen-bond acceptors (Lipinski definition) is 2. The molecule has 3 nitrogen and oxygen atoms in total. The van der Waals surface area contributed by atoms with Crippen LogP contribution in [0.4, 0.5) is 0 Å². The second-order valence-electron chi connectivity index (χ2n) is 5.54. The average molecular weight is 282 g/mol. The predicted molar refractivity (Wildman–Crippen MR) is 85.0 cm³/mol. The number of likely N-dealkylation sites (N-methyl/N-ethyl adjacent to an activating group) is 1. The zero-order valence-corrected chi connectivity index (χ0v) is 13.1. The quantitative estimate of drug-likeness (QED) is 0.860. The minimum atomic E-state index is -0.0242. The van der Waals surface area contributed by atoms with Crippen LogP contribution < -0.4 is 0 Å². The number of aryl methyl sites for hydroxylation is 2. The molecule has 0 aliphatic carbocycles. The van der Waals surface area contributed by atoms with Gasteiger partial charge < -0.3 is 4.90 Å². The number of hydrogen-bond donors (Lipinski definition) is 0. The molecule has 2 aromatic rings. The first kappa shape index (κ1) is 15.2. The lowest BCUT2D eigenvalue weighted by Gasteiger charge is -2.25. The highest BCUT2D eigenvalue weighted by atomic mass is 16.2. The fourth-order valence-corrected chi connectivity index (χ4v) is 2.32. The molecule has 0 fully saturated rings. The third-order valence-corrected chi connectivity index (χ3v) is 3.94. The fraction of sp³-hybridized carbons (Fsp3) is 0.333. The van der Waals surface area contributed by atoms with Crippen LogP contribution in [0.15, 0.2) is 42.6 Å². The summed E-state index contributed by atoms with van der Waals surface area (Å²) in [7, 11) is 1.84. The molecule has 0 aliphatic heterocycles. The molecule has 3 heteroatoms. The van der Waals surface area contributed by atoms with Gasteiger partial charge in [0.1, 0.15) is 0 Å². The smallest absolute Gasteiger partial charge is 0.227 e. The number of pyridine rings is 1. The molecule has 0 N–H and O–H groups in total. The van der Waals surface area contributed by atoms with E-state index in [1.165, 1.54) is 5.56 Å². The van der Waals surface area contributed by atoms with Gasteiger partial charge in [0.2, 0.25) is 5.91 Å². The Morgan fingerprint density at radius 1 is 1.24 bits per heavy atom. The highest BCUT2D eigenvalue weighted by Gasteiger charge is 2.19. The van der Waals surface area contributed by atoms with Crippen LogP contribution in [0.1, 0.15) is 35.3 Å². The summed E-state index contributed by atoms with van der Waals surface area (Å²) in [5.41, 5.74) is 4.35. The number of aromatic nitrogens is 1. The van der Waals surface area contributed by atoms with Crippen molar-refractivity contribution < 1.29 is 4.79 Å². The summed E-state index contributed by atoms with van der Waals surface area (Å²) >= 11 is 0. The van der Waals surface area contributed by atoms with Gasteiger partial charge in [-0.1, -0.05) is 29.8 Å². The Labute approximate surface area is 126 Å². The van der Waals surface area contributed by atoms with E-state index >= 15 is 0 Å². The molecule has 1 amide bonds. The number of rotatable bonds is 4. The first-order chi connectivity index (χ1) is 9.99. The van der Waals surface area contributed by atoms with Crippen LogP contribution in [-0.2, 0) is 11.2 Å². The molecule has 0 radical (unpaired) electrons. The Morgan fingerprint density at radius 3 is 2.67 bits per heavy atom. The summed E-state index contributed by atoms with van der Waals surface area (Å²) in [5.74, 6) is 0.113. The Bertz CT molecular complexity index is 622. The standard InChI is InChI=1S/C18H22N2O/c1-13-8-9-14(2)16(11-13)12-18(21)20(4)15(3)17-7-5-6-10-19-17/h5-11,15H,12H2,1-4H3. The van der Waals surface area contributed by atoms with Crippen LogP contribution in [0.2, 0.25) is 0 Å². The average Bonchev–Trinajstić information content (AvgIpc) is 2.50. The zero-order chi connectivity index (χ0) is 15.4. The van der Waals surface area contributed by atoms with Gasteiger partial charge in [0.05, 0.1) is 18.2 Å². The van der Waals surface area contributed by atoms with Crippen LogP contribution in [0.25, 0.3) is 0 Å². The lowest BCUT2D eigenvalue weighted by molar-refractivity contribution is -0.131. The van der Waals surface area contributed by atoms with Gasteiger partial charge in [0, 0.05) is 13.2 Å². The van der Waals surface area contributed by atoms with Crippen molar-refractivity contribution in [1.82, 2.24) is 9.88 Å². The number of amides is 1. The van der Waals surface area contributed by atoms with E-state index < -0.39 is 0 Å². The van der Waals surface area contributed by atoms with Crippen LogP contribution in [0.5, 0.6) is 0 Å². The van der Waals surface area contributed by atoms with Gasteiger partial charge in [0.15, 0.2) is 0 Å². The highest BCUT2D eigenvalue weighted by molar-refractivity contribution is 5.79.